The predicted octanol–water partition coefficient (Wildman–Crippen LogP) is 3.09. The number of aromatic amines is 1. The molecule has 2 N–H and O–H groups in total. The van der Waals surface area contributed by atoms with Crippen LogP contribution >= 0.6 is 0 Å². The van der Waals surface area contributed by atoms with Crippen molar-refractivity contribution in [3.05, 3.63) is 41.6 Å². The van der Waals surface area contributed by atoms with E-state index in [9.17, 15) is 4.79 Å². The molecule has 4 nitrogen and oxygen atoms in total. The Morgan fingerprint density at radius 2 is 2.00 bits per heavy atom. The fourth-order valence-electron chi connectivity index (χ4n) is 1.83. The van der Waals surface area contributed by atoms with Gasteiger partial charge in [-0.2, -0.15) is 0 Å². The van der Waals surface area contributed by atoms with Crippen LogP contribution in [0.2, 0.25) is 0 Å². The lowest BCUT2D eigenvalue weighted by atomic mass is 10.1. The Labute approximate surface area is 105 Å². The topological polar surface area (TPSA) is 62.3 Å². The number of hydrogen-bond donors (Lipinski definition) is 2. The molecule has 0 unspecified atom stereocenters. The zero-order valence-electron chi connectivity index (χ0n) is 10.4. The van der Waals surface area contributed by atoms with Crippen molar-refractivity contribution < 1.29 is 14.6 Å². The Hall–Kier alpha value is -2.23. The molecule has 18 heavy (non-hydrogen) atoms. The van der Waals surface area contributed by atoms with Crippen molar-refractivity contribution in [2.24, 2.45) is 0 Å². The average Bonchev–Trinajstić information content (AvgIpc) is 2.73. The first-order valence-corrected chi connectivity index (χ1v) is 5.78. The molecule has 0 saturated carbocycles. The summed E-state index contributed by atoms with van der Waals surface area (Å²) in [5.74, 6) is -0.107. The van der Waals surface area contributed by atoms with Crippen LogP contribution in [0.4, 0.5) is 0 Å². The Kier molecular flexibility index (Phi) is 3.37. The molecule has 0 bridgehead atoms. The van der Waals surface area contributed by atoms with E-state index in [-0.39, 0.29) is 0 Å². The maximum absolute atomic E-state index is 11.0. The van der Waals surface area contributed by atoms with Gasteiger partial charge in [0.1, 0.15) is 5.75 Å². The van der Waals surface area contributed by atoms with Gasteiger partial charge in [-0.1, -0.05) is 0 Å². The van der Waals surface area contributed by atoms with Gasteiger partial charge in [0.25, 0.3) is 0 Å². The molecule has 0 radical (unpaired) electrons. The smallest absolute Gasteiger partial charge is 0.337 e. The molecule has 4 heteroatoms. The van der Waals surface area contributed by atoms with Crippen molar-refractivity contribution in [3.8, 4) is 17.0 Å². The van der Waals surface area contributed by atoms with Gasteiger partial charge in [0.2, 0.25) is 0 Å². The van der Waals surface area contributed by atoms with Crippen molar-refractivity contribution in [2.75, 3.05) is 6.61 Å². The molecular formula is C14H15NO3. The summed E-state index contributed by atoms with van der Waals surface area (Å²) < 4.78 is 5.36. The van der Waals surface area contributed by atoms with Crippen LogP contribution in [-0.4, -0.2) is 22.7 Å². The van der Waals surface area contributed by atoms with Crippen LogP contribution in [0, 0.1) is 6.92 Å². The fraction of sp³-hybridized carbons (Fsp3) is 0.214. The molecule has 0 aliphatic heterocycles. The van der Waals surface area contributed by atoms with Crippen molar-refractivity contribution in [3.63, 3.8) is 0 Å². The first-order chi connectivity index (χ1) is 8.61. The summed E-state index contributed by atoms with van der Waals surface area (Å²) in [4.78, 5) is 14.0. The number of carboxylic acid groups (broad SMARTS) is 1. The summed E-state index contributed by atoms with van der Waals surface area (Å²) in [6, 6.07) is 9.20. The van der Waals surface area contributed by atoms with Gasteiger partial charge in [0.15, 0.2) is 0 Å². The normalized spacial score (nSPS) is 10.3. The number of H-pyrrole nitrogens is 1. The molecule has 2 rings (SSSR count). The number of aromatic nitrogens is 1. The van der Waals surface area contributed by atoms with Crippen LogP contribution in [0.1, 0.15) is 23.0 Å². The molecule has 0 aliphatic carbocycles. The minimum absolute atomic E-state index is 0.305. The minimum Gasteiger partial charge on any atom is -0.494 e. The second kappa shape index (κ2) is 4.96. The van der Waals surface area contributed by atoms with Crippen molar-refractivity contribution in [2.45, 2.75) is 13.8 Å². The van der Waals surface area contributed by atoms with E-state index in [0.29, 0.717) is 17.9 Å². The third kappa shape index (κ3) is 2.37. The first-order valence-electron chi connectivity index (χ1n) is 5.78. The molecular weight excluding hydrogens is 230 g/mol. The lowest BCUT2D eigenvalue weighted by molar-refractivity contribution is 0.0696. The van der Waals surface area contributed by atoms with Crippen LogP contribution in [0.15, 0.2) is 30.3 Å². The highest BCUT2D eigenvalue weighted by molar-refractivity contribution is 5.90. The molecule has 1 heterocycles. The highest BCUT2D eigenvalue weighted by atomic mass is 16.5. The van der Waals surface area contributed by atoms with Gasteiger partial charge in [-0.15, -0.1) is 0 Å². The second-order valence-electron chi connectivity index (χ2n) is 3.98. The van der Waals surface area contributed by atoms with Crippen LogP contribution in [0.3, 0.4) is 0 Å². The van der Waals surface area contributed by atoms with Crippen LogP contribution in [0.25, 0.3) is 11.3 Å². The van der Waals surface area contributed by atoms with E-state index in [1.165, 1.54) is 0 Å². The summed E-state index contributed by atoms with van der Waals surface area (Å²) in [5.41, 5.74) is 2.70. The van der Waals surface area contributed by atoms with Gasteiger partial charge < -0.3 is 14.8 Å². The van der Waals surface area contributed by atoms with Crippen LogP contribution < -0.4 is 4.74 Å². The molecule has 1 aromatic heterocycles. The number of carboxylic acids is 1. The summed E-state index contributed by atoms with van der Waals surface area (Å²) in [7, 11) is 0. The Bertz CT molecular complexity index is 555. The highest BCUT2D eigenvalue weighted by Crippen LogP contribution is 2.24. The van der Waals surface area contributed by atoms with Gasteiger partial charge in [0.05, 0.1) is 12.2 Å². The lowest BCUT2D eigenvalue weighted by Crippen LogP contribution is -1.95. The SMILES string of the molecule is CCOc1ccc(-c2cc(C(=O)O)c(C)[nH]2)cc1. The molecule has 0 aliphatic rings. The van der Waals surface area contributed by atoms with Crippen molar-refractivity contribution in [1.82, 2.24) is 4.98 Å². The number of ether oxygens (including phenoxy) is 1. The quantitative estimate of drug-likeness (QED) is 0.870. The molecule has 0 fully saturated rings. The number of aromatic carboxylic acids is 1. The largest absolute Gasteiger partial charge is 0.494 e. The zero-order chi connectivity index (χ0) is 13.1. The van der Waals surface area contributed by atoms with Gasteiger partial charge in [0, 0.05) is 11.4 Å². The minimum atomic E-state index is -0.916. The lowest BCUT2D eigenvalue weighted by Gasteiger charge is -2.03. The Morgan fingerprint density at radius 1 is 1.33 bits per heavy atom. The van der Waals surface area contributed by atoms with E-state index in [0.717, 1.165) is 17.0 Å². The third-order valence-corrected chi connectivity index (χ3v) is 2.72. The zero-order valence-corrected chi connectivity index (χ0v) is 10.4. The van der Waals surface area contributed by atoms with Gasteiger partial charge in [-0.25, -0.2) is 4.79 Å². The monoisotopic (exact) mass is 245 g/mol. The Morgan fingerprint density at radius 3 is 2.50 bits per heavy atom. The highest BCUT2D eigenvalue weighted by Gasteiger charge is 2.11. The average molecular weight is 245 g/mol. The van der Waals surface area contributed by atoms with E-state index in [4.69, 9.17) is 9.84 Å². The van der Waals surface area contributed by atoms with Crippen molar-refractivity contribution in [1.29, 1.82) is 0 Å². The summed E-state index contributed by atoms with van der Waals surface area (Å²) in [6.45, 7) is 4.31. The maximum atomic E-state index is 11.0. The molecule has 94 valence electrons. The second-order valence-corrected chi connectivity index (χ2v) is 3.98. The number of rotatable bonds is 4. The summed E-state index contributed by atoms with van der Waals surface area (Å²) in [5, 5.41) is 9.00. The van der Waals surface area contributed by atoms with Gasteiger partial charge in [-0.3, -0.25) is 0 Å². The number of nitrogens with one attached hydrogen (secondary N) is 1. The summed E-state index contributed by atoms with van der Waals surface area (Å²) >= 11 is 0. The predicted molar refractivity (Wildman–Crippen MR) is 69.1 cm³/mol. The van der Waals surface area contributed by atoms with E-state index in [1.807, 2.05) is 31.2 Å². The van der Waals surface area contributed by atoms with Crippen LogP contribution in [-0.2, 0) is 0 Å². The van der Waals surface area contributed by atoms with E-state index < -0.39 is 5.97 Å². The molecule has 1 aromatic carbocycles. The van der Waals surface area contributed by atoms with E-state index in [2.05, 4.69) is 4.98 Å². The number of carbonyl (C=O) groups is 1. The summed E-state index contributed by atoms with van der Waals surface area (Å²) in [6.07, 6.45) is 0. The first kappa shape index (κ1) is 12.2. The van der Waals surface area contributed by atoms with E-state index in [1.54, 1.807) is 13.0 Å². The molecule has 0 amide bonds. The number of aryl methyl sites for hydroxylation is 1. The third-order valence-electron chi connectivity index (χ3n) is 2.72. The molecule has 0 atom stereocenters. The number of hydrogen-bond acceptors (Lipinski definition) is 2. The van der Waals surface area contributed by atoms with Crippen molar-refractivity contribution >= 4 is 5.97 Å². The molecule has 2 aromatic rings. The fourth-order valence-corrected chi connectivity index (χ4v) is 1.83. The van der Waals surface area contributed by atoms with E-state index >= 15 is 0 Å². The molecule has 0 saturated heterocycles. The molecule has 0 spiro atoms. The standard InChI is InChI=1S/C14H15NO3/c1-3-18-11-6-4-10(5-7-11)13-8-12(14(16)17)9(2)15-13/h4-8,15H,3H2,1-2H3,(H,16,17). The van der Waals surface area contributed by atoms with Crippen LogP contribution in [0.5, 0.6) is 5.75 Å². The number of benzene rings is 1. The maximum Gasteiger partial charge on any atom is 0.337 e. The van der Waals surface area contributed by atoms with Gasteiger partial charge in [-0.05, 0) is 49.7 Å². The Balaban J connectivity index is 2.31. The van der Waals surface area contributed by atoms with Gasteiger partial charge >= 0.3 is 5.97 Å².